The Labute approximate surface area is 135 Å². The number of nitrogens with two attached hydrogens (primary N) is 1. The highest BCUT2D eigenvalue weighted by molar-refractivity contribution is 5.13. The third-order valence-corrected chi connectivity index (χ3v) is 4.49. The van der Waals surface area contributed by atoms with Gasteiger partial charge in [0.2, 0.25) is 0 Å². The molecule has 2 N–H and O–H groups in total. The zero-order valence-corrected chi connectivity index (χ0v) is 14.0. The summed E-state index contributed by atoms with van der Waals surface area (Å²) in [5.41, 5.74) is 7.35. The third kappa shape index (κ3) is 5.71. The summed E-state index contributed by atoms with van der Waals surface area (Å²) in [5.74, 6) is 0.441. The maximum atomic E-state index is 6.18. The molecule has 0 unspecified atom stereocenters. The first-order valence-electron chi connectivity index (χ1n) is 8.71. The van der Waals surface area contributed by atoms with Crippen LogP contribution in [-0.2, 0) is 16.1 Å². The molecule has 4 atom stereocenters. The van der Waals surface area contributed by atoms with E-state index in [-0.39, 0.29) is 0 Å². The highest BCUT2D eigenvalue weighted by Crippen LogP contribution is 2.28. The zero-order valence-electron chi connectivity index (χ0n) is 14.0. The molecule has 3 heteroatoms. The third-order valence-electron chi connectivity index (χ3n) is 4.49. The summed E-state index contributed by atoms with van der Waals surface area (Å²) in [6, 6.07) is 10.6. The van der Waals surface area contributed by atoms with E-state index >= 15 is 0 Å². The standard InChI is InChI=1S/C19H31NO2/c1-3-7-17(20)12-18-10-11-19(22-18)15(2)13-21-14-16-8-5-4-6-9-16/h4-6,8-9,15,17-19H,3,7,10-14,20H2,1-2H3/t15-,17+,18-,19+/m0/s1. The number of rotatable bonds is 9. The van der Waals surface area contributed by atoms with Gasteiger partial charge in [-0.3, -0.25) is 0 Å². The van der Waals surface area contributed by atoms with Crippen molar-refractivity contribution in [2.24, 2.45) is 11.7 Å². The van der Waals surface area contributed by atoms with Crippen molar-refractivity contribution in [3.63, 3.8) is 0 Å². The minimum atomic E-state index is 0.290. The van der Waals surface area contributed by atoms with E-state index in [0.29, 0.717) is 30.8 Å². The second-order valence-corrected chi connectivity index (χ2v) is 6.64. The molecule has 1 aliphatic rings. The van der Waals surface area contributed by atoms with Crippen LogP contribution in [0.3, 0.4) is 0 Å². The first kappa shape index (κ1) is 17.5. The zero-order chi connectivity index (χ0) is 15.8. The van der Waals surface area contributed by atoms with Crippen molar-refractivity contribution in [2.75, 3.05) is 6.61 Å². The van der Waals surface area contributed by atoms with Crippen molar-refractivity contribution < 1.29 is 9.47 Å². The van der Waals surface area contributed by atoms with Crippen LogP contribution in [0.15, 0.2) is 30.3 Å². The molecule has 0 saturated carbocycles. The molecule has 3 nitrogen and oxygen atoms in total. The SMILES string of the molecule is CCC[C@@H](N)C[C@@H]1CC[C@H]([C@@H](C)COCc2ccccc2)O1. The maximum absolute atomic E-state index is 6.18. The average Bonchev–Trinajstić information content (AvgIpc) is 2.97. The molecule has 2 rings (SSSR count). The molecule has 124 valence electrons. The van der Waals surface area contributed by atoms with Gasteiger partial charge in [-0.25, -0.2) is 0 Å². The first-order valence-corrected chi connectivity index (χ1v) is 8.71. The summed E-state index contributed by atoms with van der Waals surface area (Å²) in [7, 11) is 0. The Morgan fingerprint density at radius 3 is 2.77 bits per heavy atom. The number of ether oxygens (including phenoxy) is 2. The summed E-state index contributed by atoms with van der Waals surface area (Å²) in [6.07, 6.45) is 6.21. The lowest BCUT2D eigenvalue weighted by Gasteiger charge is -2.21. The highest BCUT2D eigenvalue weighted by atomic mass is 16.5. The highest BCUT2D eigenvalue weighted by Gasteiger charge is 2.30. The summed E-state index contributed by atoms with van der Waals surface area (Å²) in [4.78, 5) is 0. The Morgan fingerprint density at radius 2 is 2.05 bits per heavy atom. The molecule has 0 aromatic heterocycles. The van der Waals surface area contributed by atoms with Crippen LogP contribution in [0.4, 0.5) is 0 Å². The molecule has 1 aliphatic heterocycles. The lowest BCUT2D eigenvalue weighted by molar-refractivity contribution is -0.0221. The maximum Gasteiger partial charge on any atom is 0.0717 e. The first-order chi connectivity index (χ1) is 10.7. The minimum absolute atomic E-state index is 0.290. The average molecular weight is 305 g/mol. The molecule has 1 aromatic rings. The van der Waals surface area contributed by atoms with E-state index in [0.717, 1.165) is 38.7 Å². The Hall–Kier alpha value is -0.900. The van der Waals surface area contributed by atoms with Crippen LogP contribution < -0.4 is 5.73 Å². The van der Waals surface area contributed by atoms with E-state index < -0.39 is 0 Å². The van der Waals surface area contributed by atoms with Gasteiger partial charge in [0, 0.05) is 12.0 Å². The van der Waals surface area contributed by atoms with E-state index in [1.807, 2.05) is 18.2 Å². The molecule has 22 heavy (non-hydrogen) atoms. The summed E-state index contributed by atoms with van der Waals surface area (Å²) < 4.78 is 12.0. The van der Waals surface area contributed by atoms with Gasteiger partial charge in [0.05, 0.1) is 25.4 Å². The van der Waals surface area contributed by atoms with Gasteiger partial charge in [0.1, 0.15) is 0 Å². The van der Waals surface area contributed by atoms with E-state index in [9.17, 15) is 0 Å². The molecule has 1 aromatic carbocycles. The molecule has 0 spiro atoms. The van der Waals surface area contributed by atoms with Crippen LogP contribution in [0.5, 0.6) is 0 Å². The fourth-order valence-electron chi connectivity index (χ4n) is 3.20. The Morgan fingerprint density at radius 1 is 1.27 bits per heavy atom. The minimum Gasteiger partial charge on any atom is -0.376 e. The van der Waals surface area contributed by atoms with Crippen LogP contribution in [-0.4, -0.2) is 24.9 Å². The predicted molar refractivity (Wildman–Crippen MR) is 90.7 cm³/mol. The lowest BCUT2D eigenvalue weighted by atomic mass is 10.0. The van der Waals surface area contributed by atoms with Crippen LogP contribution in [0.25, 0.3) is 0 Å². The van der Waals surface area contributed by atoms with Crippen molar-refractivity contribution in [2.45, 2.75) is 70.8 Å². The smallest absolute Gasteiger partial charge is 0.0717 e. The summed E-state index contributed by atoms with van der Waals surface area (Å²) in [5, 5.41) is 0. The monoisotopic (exact) mass is 305 g/mol. The van der Waals surface area contributed by atoms with Crippen molar-refractivity contribution in [1.82, 2.24) is 0 Å². The van der Waals surface area contributed by atoms with Gasteiger partial charge in [-0.15, -0.1) is 0 Å². The van der Waals surface area contributed by atoms with Crippen molar-refractivity contribution in [3.8, 4) is 0 Å². The van der Waals surface area contributed by atoms with Gasteiger partial charge < -0.3 is 15.2 Å². The van der Waals surface area contributed by atoms with Gasteiger partial charge in [0.25, 0.3) is 0 Å². The lowest BCUT2D eigenvalue weighted by Crippen LogP contribution is -2.28. The second-order valence-electron chi connectivity index (χ2n) is 6.64. The molecule has 1 heterocycles. The summed E-state index contributed by atoms with van der Waals surface area (Å²) >= 11 is 0. The second kappa shape index (κ2) is 9.29. The van der Waals surface area contributed by atoms with Crippen LogP contribution >= 0.6 is 0 Å². The fourth-order valence-corrected chi connectivity index (χ4v) is 3.20. The quantitative estimate of drug-likeness (QED) is 0.752. The van der Waals surface area contributed by atoms with E-state index in [4.69, 9.17) is 15.2 Å². The topological polar surface area (TPSA) is 44.5 Å². The van der Waals surface area contributed by atoms with Crippen molar-refractivity contribution in [3.05, 3.63) is 35.9 Å². The van der Waals surface area contributed by atoms with Crippen molar-refractivity contribution in [1.29, 1.82) is 0 Å². The predicted octanol–water partition coefficient (Wildman–Crippen LogP) is 3.90. The largest absolute Gasteiger partial charge is 0.376 e. The molecule has 0 radical (unpaired) electrons. The van der Waals surface area contributed by atoms with Gasteiger partial charge >= 0.3 is 0 Å². The summed E-state index contributed by atoms with van der Waals surface area (Å²) in [6.45, 7) is 5.85. The Balaban J connectivity index is 1.65. The van der Waals surface area contributed by atoms with E-state index in [1.54, 1.807) is 0 Å². The van der Waals surface area contributed by atoms with Gasteiger partial charge in [0.15, 0.2) is 0 Å². The van der Waals surface area contributed by atoms with Crippen LogP contribution in [0.2, 0.25) is 0 Å². The van der Waals surface area contributed by atoms with E-state index in [1.165, 1.54) is 5.56 Å². The van der Waals surface area contributed by atoms with Gasteiger partial charge in [-0.05, 0) is 31.2 Å². The normalized spacial score (nSPS) is 24.3. The Bertz CT molecular complexity index is 409. The number of hydrogen-bond acceptors (Lipinski definition) is 3. The van der Waals surface area contributed by atoms with Crippen molar-refractivity contribution >= 4 is 0 Å². The number of hydrogen-bond donors (Lipinski definition) is 1. The molecule has 1 saturated heterocycles. The molecule has 0 bridgehead atoms. The van der Waals surface area contributed by atoms with Crippen LogP contribution in [0, 0.1) is 5.92 Å². The van der Waals surface area contributed by atoms with Gasteiger partial charge in [-0.1, -0.05) is 50.6 Å². The van der Waals surface area contributed by atoms with Gasteiger partial charge in [-0.2, -0.15) is 0 Å². The molecule has 0 amide bonds. The molecule has 0 aliphatic carbocycles. The Kier molecular flexibility index (Phi) is 7.37. The van der Waals surface area contributed by atoms with E-state index in [2.05, 4.69) is 26.0 Å². The molecular weight excluding hydrogens is 274 g/mol. The molecular formula is C19H31NO2. The fraction of sp³-hybridized carbons (Fsp3) is 0.684. The molecule has 1 fully saturated rings. The number of benzene rings is 1. The van der Waals surface area contributed by atoms with Crippen LogP contribution in [0.1, 0.15) is 51.5 Å².